The summed E-state index contributed by atoms with van der Waals surface area (Å²) in [6.45, 7) is 1.28. The summed E-state index contributed by atoms with van der Waals surface area (Å²) in [6.07, 6.45) is 7.39. The number of aromatic nitrogens is 1. The number of carbonyl (C=O) groups excluding carboxylic acids is 2. The van der Waals surface area contributed by atoms with Crippen LogP contribution in [0.4, 0.5) is 0 Å². The molecule has 0 radical (unpaired) electrons. The third-order valence-corrected chi connectivity index (χ3v) is 6.51. The molecule has 0 aromatic carbocycles. The molecule has 2 saturated heterocycles. The number of aliphatic hydroxyl groups is 1. The fourth-order valence-corrected chi connectivity index (χ4v) is 5.13. The number of H-pyrrole nitrogens is 1. The zero-order valence-electron chi connectivity index (χ0n) is 15.5. The van der Waals surface area contributed by atoms with Crippen molar-refractivity contribution in [2.45, 2.75) is 69.1 Å². The summed E-state index contributed by atoms with van der Waals surface area (Å²) in [4.78, 5) is 44.5. The van der Waals surface area contributed by atoms with Crippen LogP contribution in [0.2, 0.25) is 0 Å². The van der Waals surface area contributed by atoms with Gasteiger partial charge in [0.25, 0.3) is 5.91 Å². The van der Waals surface area contributed by atoms with Gasteiger partial charge in [-0.3, -0.25) is 14.4 Å². The maximum atomic E-state index is 13.5. The summed E-state index contributed by atoms with van der Waals surface area (Å²) in [7, 11) is 0. The average molecular weight is 373 g/mol. The molecule has 7 heteroatoms. The van der Waals surface area contributed by atoms with Crippen molar-refractivity contribution >= 4 is 11.8 Å². The smallest absolute Gasteiger partial charge is 0.255 e. The number of aliphatic hydroxyl groups excluding tert-OH is 1. The van der Waals surface area contributed by atoms with E-state index >= 15 is 0 Å². The SMILES string of the molecule is O=C(c1cc[nH]c(=O)c1)N1CCCC12CCCN(C1CCC(O)CC1)C2=O. The molecule has 1 aromatic rings. The highest BCUT2D eigenvalue weighted by molar-refractivity contribution is 6.00. The number of likely N-dealkylation sites (tertiary alicyclic amines) is 2. The molecular weight excluding hydrogens is 346 g/mol. The molecule has 0 bridgehead atoms. The first kappa shape index (κ1) is 18.2. The number of pyridine rings is 1. The van der Waals surface area contributed by atoms with Crippen molar-refractivity contribution < 1.29 is 14.7 Å². The van der Waals surface area contributed by atoms with Crippen LogP contribution in [0, 0.1) is 0 Å². The molecule has 2 aliphatic heterocycles. The van der Waals surface area contributed by atoms with Crippen molar-refractivity contribution in [2.24, 2.45) is 0 Å². The van der Waals surface area contributed by atoms with Gasteiger partial charge >= 0.3 is 0 Å². The normalized spacial score (nSPS) is 31.5. The summed E-state index contributed by atoms with van der Waals surface area (Å²) in [6, 6.07) is 3.07. The van der Waals surface area contributed by atoms with Crippen molar-refractivity contribution in [3.8, 4) is 0 Å². The second-order valence-corrected chi connectivity index (χ2v) is 8.10. The summed E-state index contributed by atoms with van der Waals surface area (Å²) in [5.74, 6) is -0.168. The summed E-state index contributed by atoms with van der Waals surface area (Å²) < 4.78 is 0. The highest BCUT2D eigenvalue weighted by Crippen LogP contribution is 2.41. The highest BCUT2D eigenvalue weighted by atomic mass is 16.3. The quantitative estimate of drug-likeness (QED) is 0.816. The molecule has 2 amide bonds. The van der Waals surface area contributed by atoms with E-state index in [2.05, 4.69) is 4.98 Å². The van der Waals surface area contributed by atoms with E-state index in [0.29, 0.717) is 24.9 Å². The largest absolute Gasteiger partial charge is 0.393 e. The van der Waals surface area contributed by atoms with Gasteiger partial charge in [-0.2, -0.15) is 0 Å². The molecule has 1 aromatic heterocycles. The number of hydrogen-bond donors (Lipinski definition) is 2. The first-order valence-electron chi connectivity index (χ1n) is 10.0. The molecule has 3 heterocycles. The fourth-order valence-electron chi connectivity index (χ4n) is 5.13. The molecule has 7 nitrogen and oxygen atoms in total. The van der Waals surface area contributed by atoms with Gasteiger partial charge in [-0.25, -0.2) is 0 Å². The fraction of sp³-hybridized carbons (Fsp3) is 0.650. The number of aromatic amines is 1. The van der Waals surface area contributed by atoms with Gasteiger partial charge in [-0.15, -0.1) is 0 Å². The zero-order valence-corrected chi connectivity index (χ0v) is 15.5. The lowest BCUT2D eigenvalue weighted by Gasteiger charge is -2.48. The maximum absolute atomic E-state index is 13.5. The lowest BCUT2D eigenvalue weighted by atomic mass is 9.82. The highest BCUT2D eigenvalue weighted by Gasteiger charge is 2.53. The van der Waals surface area contributed by atoms with E-state index in [-0.39, 0.29) is 29.5 Å². The van der Waals surface area contributed by atoms with Crippen molar-refractivity contribution in [1.29, 1.82) is 0 Å². The van der Waals surface area contributed by atoms with Crippen molar-refractivity contribution in [3.05, 3.63) is 34.2 Å². The molecule has 3 aliphatic rings. The van der Waals surface area contributed by atoms with Crippen LogP contribution < -0.4 is 5.56 Å². The van der Waals surface area contributed by atoms with Crippen LogP contribution in [0.3, 0.4) is 0 Å². The Balaban J connectivity index is 1.59. The lowest BCUT2D eigenvalue weighted by molar-refractivity contribution is -0.149. The molecule has 4 rings (SSSR count). The first-order chi connectivity index (χ1) is 13.0. The Hall–Kier alpha value is -2.15. The Morgan fingerprint density at radius 1 is 1.11 bits per heavy atom. The van der Waals surface area contributed by atoms with E-state index in [4.69, 9.17) is 0 Å². The van der Waals surface area contributed by atoms with Crippen LogP contribution >= 0.6 is 0 Å². The monoisotopic (exact) mass is 373 g/mol. The van der Waals surface area contributed by atoms with E-state index in [0.717, 1.165) is 45.1 Å². The minimum atomic E-state index is -0.770. The molecule has 27 heavy (non-hydrogen) atoms. The third kappa shape index (κ3) is 3.18. The van der Waals surface area contributed by atoms with E-state index < -0.39 is 5.54 Å². The number of amides is 2. The molecule has 1 spiro atoms. The lowest BCUT2D eigenvalue weighted by Crippen LogP contribution is -2.63. The number of carbonyl (C=O) groups is 2. The minimum absolute atomic E-state index is 0.0610. The average Bonchev–Trinajstić information content (AvgIpc) is 3.09. The van der Waals surface area contributed by atoms with Gasteiger partial charge in [0.1, 0.15) is 5.54 Å². The van der Waals surface area contributed by atoms with Crippen LogP contribution in [-0.4, -0.2) is 62.5 Å². The molecule has 1 atom stereocenters. The van der Waals surface area contributed by atoms with Crippen LogP contribution in [0.1, 0.15) is 61.7 Å². The Labute approximate surface area is 158 Å². The van der Waals surface area contributed by atoms with Crippen molar-refractivity contribution in [3.63, 3.8) is 0 Å². The van der Waals surface area contributed by atoms with Gasteiger partial charge in [-0.1, -0.05) is 0 Å². The predicted molar refractivity (Wildman–Crippen MR) is 99.3 cm³/mol. The van der Waals surface area contributed by atoms with Gasteiger partial charge in [0.15, 0.2) is 0 Å². The van der Waals surface area contributed by atoms with Gasteiger partial charge in [0.05, 0.1) is 6.10 Å². The van der Waals surface area contributed by atoms with Gasteiger partial charge in [0.2, 0.25) is 11.5 Å². The van der Waals surface area contributed by atoms with Gasteiger partial charge < -0.3 is 19.9 Å². The van der Waals surface area contributed by atoms with Crippen molar-refractivity contribution in [2.75, 3.05) is 13.1 Å². The van der Waals surface area contributed by atoms with Crippen LogP contribution in [0.5, 0.6) is 0 Å². The van der Waals surface area contributed by atoms with Crippen molar-refractivity contribution in [1.82, 2.24) is 14.8 Å². The molecule has 3 fully saturated rings. The molecule has 1 unspecified atom stereocenters. The molecule has 1 saturated carbocycles. The predicted octanol–water partition coefficient (Wildman–Crippen LogP) is 1.28. The molecule has 2 N–H and O–H groups in total. The number of rotatable bonds is 2. The topological polar surface area (TPSA) is 93.7 Å². The van der Waals surface area contributed by atoms with Crippen LogP contribution in [0.25, 0.3) is 0 Å². The maximum Gasteiger partial charge on any atom is 0.255 e. The summed E-state index contributed by atoms with van der Waals surface area (Å²) >= 11 is 0. The number of nitrogens with one attached hydrogen (secondary N) is 1. The Morgan fingerprint density at radius 3 is 2.52 bits per heavy atom. The zero-order chi connectivity index (χ0) is 19.0. The van der Waals surface area contributed by atoms with E-state index in [1.54, 1.807) is 11.0 Å². The Kier molecular flexibility index (Phi) is 4.80. The first-order valence-corrected chi connectivity index (χ1v) is 10.0. The van der Waals surface area contributed by atoms with Gasteiger partial charge in [0, 0.05) is 37.0 Å². The number of hydrogen-bond acceptors (Lipinski definition) is 4. The summed E-state index contributed by atoms with van der Waals surface area (Å²) in [5.41, 5.74) is -0.745. The number of nitrogens with zero attached hydrogens (tertiary/aromatic N) is 2. The van der Waals surface area contributed by atoms with E-state index in [1.165, 1.54) is 12.3 Å². The van der Waals surface area contributed by atoms with Crippen LogP contribution in [-0.2, 0) is 4.79 Å². The second-order valence-electron chi connectivity index (χ2n) is 8.10. The number of piperidine rings is 1. The summed E-state index contributed by atoms with van der Waals surface area (Å²) in [5, 5.41) is 9.78. The molecule has 1 aliphatic carbocycles. The molecular formula is C20H27N3O4. The second kappa shape index (κ2) is 7.11. The standard InChI is InChI=1S/C20H27N3O4/c24-16-5-3-15(4-6-16)22-11-1-8-20(19(22)27)9-2-12-23(20)18(26)14-7-10-21-17(25)13-14/h7,10,13,15-16,24H,1-6,8-9,11-12H2,(H,21,25). The minimum Gasteiger partial charge on any atom is -0.393 e. The Morgan fingerprint density at radius 2 is 1.81 bits per heavy atom. The third-order valence-electron chi connectivity index (χ3n) is 6.51. The van der Waals surface area contributed by atoms with Gasteiger partial charge in [-0.05, 0) is 57.4 Å². The van der Waals surface area contributed by atoms with Crippen LogP contribution in [0.15, 0.2) is 23.1 Å². The molecule has 146 valence electrons. The Bertz CT molecular complexity index is 783. The van der Waals surface area contributed by atoms with E-state index in [1.807, 2.05) is 4.90 Å². The van der Waals surface area contributed by atoms with E-state index in [9.17, 15) is 19.5 Å².